The number of nitrogens with one attached hydrogen (secondary N) is 1. The molecule has 0 aliphatic carbocycles. The van der Waals surface area contributed by atoms with E-state index in [1.807, 2.05) is 0 Å². The van der Waals surface area contributed by atoms with Crippen molar-refractivity contribution in [3.05, 3.63) is 51.2 Å². The fraction of sp³-hybridized carbons (Fsp3) is 0.0769. The second-order valence-electron chi connectivity index (χ2n) is 3.82. The maximum absolute atomic E-state index is 11.8. The van der Waals surface area contributed by atoms with Crippen molar-refractivity contribution in [2.24, 2.45) is 0 Å². The second-order valence-corrected chi connectivity index (χ2v) is 5.17. The first-order valence-corrected chi connectivity index (χ1v) is 6.67. The van der Waals surface area contributed by atoms with E-state index in [2.05, 4.69) is 5.32 Å². The summed E-state index contributed by atoms with van der Waals surface area (Å²) in [6, 6.07) is 8.50. The van der Waals surface area contributed by atoms with Gasteiger partial charge in [0.2, 0.25) is 5.91 Å². The van der Waals surface area contributed by atoms with E-state index in [9.17, 15) is 9.59 Å². The number of hydrogen-bond acceptors (Lipinski definition) is 3. The van der Waals surface area contributed by atoms with Crippen LogP contribution in [0, 0.1) is 0 Å². The third-order valence-corrected chi connectivity index (χ3v) is 3.57. The van der Waals surface area contributed by atoms with Gasteiger partial charge >= 0.3 is 5.97 Å². The zero-order valence-electron chi connectivity index (χ0n) is 9.72. The molecule has 0 saturated heterocycles. The van der Waals surface area contributed by atoms with E-state index in [0.717, 1.165) is 16.9 Å². The predicted octanol–water partition coefficient (Wildman–Crippen LogP) is 3.28. The number of carboxylic acids is 1. The monoisotopic (exact) mass is 295 g/mol. The fourth-order valence-corrected chi connectivity index (χ4v) is 2.37. The normalized spacial score (nSPS) is 10.2. The van der Waals surface area contributed by atoms with Crippen LogP contribution in [0.25, 0.3) is 0 Å². The van der Waals surface area contributed by atoms with Gasteiger partial charge < -0.3 is 10.4 Å². The van der Waals surface area contributed by atoms with Crippen LogP contribution in [0.2, 0.25) is 5.02 Å². The molecule has 4 nitrogen and oxygen atoms in total. The number of halogens is 1. The number of amides is 1. The van der Waals surface area contributed by atoms with Crippen LogP contribution in [-0.2, 0) is 11.2 Å². The van der Waals surface area contributed by atoms with Crippen LogP contribution < -0.4 is 5.32 Å². The molecule has 0 radical (unpaired) electrons. The summed E-state index contributed by atoms with van der Waals surface area (Å²) < 4.78 is 0. The number of carbonyl (C=O) groups excluding carboxylic acids is 1. The third-order valence-electron chi connectivity index (χ3n) is 2.41. The SMILES string of the molecule is O=C(Cc1ccc(Cl)cc1)Nc1ccsc1C(=O)O. The Kier molecular flexibility index (Phi) is 4.19. The zero-order chi connectivity index (χ0) is 13.8. The Balaban J connectivity index is 2.03. The van der Waals surface area contributed by atoms with Crippen molar-refractivity contribution in [1.29, 1.82) is 0 Å². The molecular weight excluding hydrogens is 286 g/mol. The number of rotatable bonds is 4. The van der Waals surface area contributed by atoms with Crippen LogP contribution in [0.5, 0.6) is 0 Å². The Labute approximate surface area is 118 Å². The Hall–Kier alpha value is -1.85. The van der Waals surface area contributed by atoms with Crippen molar-refractivity contribution >= 4 is 40.5 Å². The van der Waals surface area contributed by atoms with Crippen LogP contribution in [0.1, 0.15) is 15.2 Å². The van der Waals surface area contributed by atoms with Gasteiger partial charge in [-0.15, -0.1) is 11.3 Å². The topological polar surface area (TPSA) is 66.4 Å². The van der Waals surface area contributed by atoms with Gasteiger partial charge in [0.1, 0.15) is 4.88 Å². The lowest BCUT2D eigenvalue weighted by atomic mass is 10.1. The highest BCUT2D eigenvalue weighted by atomic mass is 35.5. The second kappa shape index (κ2) is 5.86. The van der Waals surface area contributed by atoms with E-state index in [1.54, 1.807) is 35.7 Å². The lowest BCUT2D eigenvalue weighted by Gasteiger charge is -2.04. The Morgan fingerprint density at radius 2 is 1.89 bits per heavy atom. The molecule has 98 valence electrons. The number of thiophene rings is 1. The van der Waals surface area contributed by atoms with Crippen molar-refractivity contribution in [2.45, 2.75) is 6.42 Å². The van der Waals surface area contributed by atoms with Crippen LogP contribution in [-0.4, -0.2) is 17.0 Å². The molecule has 19 heavy (non-hydrogen) atoms. The van der Waals surface area contributed by atoms with Gasteiger partial charge in [0.05, 0.1) is 12.1 Å². The lowest BCUT2D eigenvalue weighted by Crippen LogP contribution is -2.15. The number of hydrogen-bond donors (Lipinski definition) is 2. The van der Waals surface area contributed by atoms with Crippen LogP contribution >= 0.6 is 22.9 Å². The van der Waals surface area contributed by atoms with Gasteiger partial charge in [-0.05, 0) is 29.1 Å². The minimum atomic E-state index is -1.04. The smallest absolute Gasteiger partial charge is 0.348 e. The van der Waals surface area contributed by atoms with Crippen molar-refractivity contribution < 1.29 is 14.7 Å². The molecule has 0 spiro atoms. The summed E-state index contributed by atoms with van der Waals surface area (Å²) in [5.74, 6) is -1.31. The molecule has 0 aliphatic rings. The highest BCUT2D eigenvalue weighted by Gasteiger charge is 2.14. The highest BCUT2D eigenvalue weighted by Crippen LogP contribution is 2.22. The maximum Gasteiger partial charge on any atom is 0.348 e. The minimum Gasteiger partial charge on any atom is -0.477 e. The molecule has 1 aromatic carbocycles. The molecular formula is C13H10ClNO3S. The molecule has 2 aromatic rings. The maximum atomic E-state index is 11.8. The Morgan fingerprint density at radius 1 is 1.21 bits per heavy atom. The molecule has 1 heterocycles. The molecule has 2 N–H and O–H groups in total. The number of benzene rings is 1. The van der Waals surface area contributed by atoms with E-state index in [0.29, 0.717) is 10.7 Å². The quantitative estimate of drug-likeness (QED) is 0.909. The number of aromatic carboxylic acids is 1. The first-order chi connectivity index (χ1) is 9.06. The van der Waals surface area contributed by atoms with Gasteiger partial charge in [-0.3, -0.25) is 4.79 Å². The van der Waals surface area contributed by atoms with Gasteiger partial charge in [-0.25, -0.2) is 4.79 Å². The summed E-state index contributed by atoms with van der Waals surface area (Å²) in [4.78, 5) is 22.8. The molecule has 0 bridgehead atoms. The molecule has 0 saturated carbocycles. The van der Waals surface area contributed by atoms with Crippen LogP contribution in [0.4, 0.5) is 5.69 Å². The first kappa shape index (κ1) is 13.6. The molecule has 0 fully saturated rings. The van der Waals surface area contributed by atoms with Gasteiger partial charge in [0, 0.05) is 5.02 Å². The standard InChI is InChI=1S/C13H10ClNO3S/c14-9-3-1-8(2-4-9)7-11(16)15-10-5-6-19-12(10)13(17)18/h1-6H,7H2,(H,15,16)(H,17,18). The summed E-state index contributed by atoms with van der Waals surface area (Å²) in [7, 11) is 0. The zero-order valence-corrected chi connectivity index (χ0v) is 11.3. The van der Waals surface area contributed by atoms with E-state index < -0.39 is 5.97 Å². The van der Waals surface area contributed by atoms with Gasteiger partial charge in [-0.1, -0.05) is 23.7 Å². The number of carboxylic acid groups (broad SMARTS) is 1. The Morgan fingerprint density at radius 3 is 2.53 bits per heavy atom. The van der Waals surface area contributed by atoms with Crippen molar-refractivity contribution in [1.82, 2.24) is 0 Å². The summed E-state index contributed by atoms with van der Waals surface area (Å²) in [5, 5.41) is 13.8. The summed E-state index contributed by atoms with van der Waals surface area (Å²) >= 11 is 6.83. The van der Waals surface area contributed by atoms with Crippen molar-refractivity contribution in [3.8, 4) is 0 Å². The molecule has 6 heteroatoms. The van der Waals surface area contributed by atoms with Crippen LogP contribution in [0.3, 0.4) is 0 Å². The van der Waals surface area contributed by atoms with E-state index >= 15 is 0 Å². The van der Waals surface area contributed by atoms with E-state index in [-0.39, 0.29) is 17.2 Å². The summed E-state index contributed by atoms with van der Waals surface area (Å²) in [6.45, 7) is 0. The lowest BCUT2D eigenvalue weighted by molar-refractivity contribution is -0.115. The molecule has 1 aromatic heterocycles. The highest BCUT2D eigenvalue weighted by molar-refractivity contribution is 7.12. The molecule has 0 unspecified atom stereocenters. The van der Waals surface area contributed by atoms with E-state index in [1.165, 1.54) is 0 Å². The summed E-state index contributed by atoms with van der Waals surface area (Å²) in [6.07, 6.45) is 0.173. The van der Waals surface area contributed by atoms with Gasteiger partial charge in [-0.2, -0.15) is 0 Å². The number of carbonyl (C=O) groups is 2. The fourth-order valence-electron chi connectivity index (χ4n) is 1.56. The molecule has 0 atom stereocenters. The molecule has 2 rings (SSSR count). The van der Waals surface area contributed by atoms with Crippen LogP contribution in [0.15, 0.2) is 35.7 Å². The summed E-state index contributed by atoms with van der Waals surface area (Å²) in [5.41, 5.74) is 1.14. The largest absolute Gasteiger partial charge is 0.477 e. The van der Waals surface area contributed by atoms with Crippen molar-refractivity contribution in [3.63, 3.8) is 0 Å². The average Bonchev–Trinajstić information content (AvgIpc) is 2.80. The number of anilines is 1. The average molecular weight is 296 g/mol. The minimum absolute atomic E-state index is 0.129. The molecule has 1 amide bonds. The van der Waals surface area contributed by atoms with Crippen molar-refractivity contribution in [2.75, 3.05) is 5.32 Å². The van der Waals surface area contributed by atoms with Gasteiger partial charge in [0.15, 0.2) is 0 Å². The van der Waals surface area contributed by atoms with E-state index in [4.69, 9.17) is 16.7 Å². The first-order valence-electron chi connectivity index (χ1n) is 5.41. The third kappa shape index (κ3) is 3.56. The Bertz CT molecular complexity index is 607. The molecule has 0 aliphatic heterocycles. The predicted molar refractivity (Wildman–Crippen MR) is 75.1 cm³/mol. The van der Waals surface area contributed by atoms with Gasteiger partial charge in [0.25, 0.3) is 0 Å².